The molecule has 0 bridgehead atoms. The van der Waals surface area contributed by atoms with Gasteiger partial charge in [-0.3, -0.25) is 0 Å². The smallest absolute Gasteiger partial charge is 0.293 e. The van der Waals surface area contributed by atoms with E-state index in [0.29, 0.717) is 12.0 Å². The Morgan fingerprint density at radius 2 is 2.29 bits per heavy atom. The first-order valence-corrected chi connectivity index (χ1v) is 5.90. The molecule has 1 unspecified atom stereocenters. The zero-order chi connectivity index (χ0) is 9.38. The molecule has 5 heteroatoms. The number of hydrogen-bond donors (Lipinski definition) is 1. The largest absolute Gasteiger partial charge is 0.464 e. The molecular weight excluding hydrogens is 198 g/mol. The van der Waals surface area contributed by atoms with Gasteiger partial charge in [-0.1, -0.05) is 0 Å². The van der Waals surface area contributed by atoms with E-state index < -0.39 is 0 Å². The topological polar surface area (TPSA) is 47.0 Å². The summed E-state index contributed by atoms with van der Waals surface area (Å²) in [5.41, 5.74) is 0. The summed E-state index contributed by atoms with van der Waals surface area (Å²) < 4.78 is 10.0. The van der Waals surface area contributed by atoms with Gasteiger partial charge in [-0.15, -0.1) is 0 Å². The molecule has 1 aromatic heterocycles. The minimum absolute atomic E-state index is 0.301. The molecule has 0 radical (unpaired) electrons. The third-order valence-corrected chi connectivity index (χ3v) is 3.27. The first-order valence-electron chi connectivity index (χ1n) is 5.13. The molecule has 1 N–H and O–H groups in total. The maximum atomic E-state index is 5.72. The van der Waals surface area contributed by atoms with Gasteiger partial charge >= 0.3 is 0 Å². The van der Waals surface area contributed by atoms with Crippen LogP contribution in [-0.4, -0.2) is 28.6 Å². The quantitative estimate of drug-likeness (QED) is 0.815. The van der Waals surface area contributed by atoms with Gasteiger partial charge in [0.2, 0.25) is 0 Å². The Morgan fingerprint density at radius 3 is 3.00 bits per heavy atom. The average Bonchev–Trinajstić information content (AvgIpc) is 2.75. The van der Waals surface area contributed by atoms with Crippen LogP contribution in [0.5, 0.6) is 5.19 Å². The molecule has 4 nitrogen and oxygen atoms in total. The minimum atomic E-state index is 0.301. The van der Waals surface area contributed by atoms with Crippen molar-refractivity contribution in [1.29, 1.82) is 0 Å². The van der Waals surface area contributed by atoms with Gasteiger partial charge in [-0.05, 0) is 25.8 Å². The van der Waals surface area contributed by atoms with Crippen molar-refractivity contribution in [2.45, 2.75) is 31.3 Å². The van der Waals surface area contributed by atoms with E-state index in [1.165, 1.54) is 24.4 Å². The fourth-order valence-electron chi connectivity index (χ4n) is 1.65. The van der Waals surface area contributed by atoms with Crippen LogP contribution in [0.2, 0.25) is 0 Å². The van der Waals surface area contributed by atoms with Crippen molar-refractivity contribution in [3.05, 3.63) is 5.82 Å². The predicted molar refractivity (Wildman–Crippen MR) is 53.8 cm³/mol. The van der Waals surface area contributed by atoms with Gasteiger partial charge in [0.1, 0.15) is 11.9 Å². The van der Waals surface area contributed by atoms with Crippen LogP contribution in [0.25, 0.3) is 0 Å². The van der Waals surface area contributed by atoms with Crippen molar-refractivity contribution in [2.75, 3.05) is 13.1 Å². The van der Waals surface area contributed by atoms with Crippen molar-refractivity contribution in [2.24, 2.45) is 0 Å². The second kappa shape index (κ2) is 3.47. The van der Waals surface area contributed by atoms with Crippen LogP contribution in [0.1, 0.15) is 31.0 Å². The van der Waals surface area contributed by atoms with Gasteiger partial charge in [-0.2, -0.15) is 9.36 Å². The molecule has 1 aromatic rings. The second-order valence-corrected chi connectivity index (χ2v) is 4.64. The molecule has 14 heavy (non-hydrogen) atoms. The monoisotopic (exact) mass is 211 g/mol. The highest BCUT2D eigenvalue weighted by atomic mass is 32.1. The minimum Gasteiger partial charge on any atom is -0.464 e. The average molecular weight is 211 g/mol. The van der Waals surface area contributed by atoms with Gasteiger partial charge < -0.3 is 10.1 Å². The highest BCUT2D eigenvalue weighted by Gasteiger charge is 2.28. The van der Waals surface area contributed by atoms with Gasteiger partial charge in [0.05, 0.1) is 0 Å². The molecule has 1 aliphatic carbocycles. The van der Waals surface area contributed by atoms with E-state index in [9.17, 15) is 0 Å². The van der Waals surface area contributed by atoms with Crippen molar-refractivity contribution in [1.82, 2.24) is 14.7 Å². The van der Waals surface area contributed by atoms with Crippen LogP contribution < -0.4 is 10.1 Å². The van der Waals surface area contributed by atoms with Crippen LogP contribution >= 0.6 is 11.5 Å². The van der Waals surface area contributed by atoms with Crippen molar-refractivity contribution in [3.8, 4) is 5.19 Å². The molecule has 3 rings (SSSR count). The molecular formula is C9H13N3OS. The first-order chi connectivity index (χ1) is 6.92. The zero-order valence-electron chi connectivity index (χ0n) is 7.90. The number of nitrogens with one attached hydrogen (secondary N) is 1. The molecule has 76 valence electrons. The number of aromatic nitrogens is 2. The molecule has 1 atom stereocenters. The summed E-state index contributed by atoms with van der Waals surface area (Å²) in [7, 11) is 0. The Kier molecular flexibility index (Phi) is 2.14. The Hall–Kier alpha value is -0.680. The number of rotatable bonds is 3. The fraction of sp³-hybridized carbons (Fsp3) is 0.778. The molecule has 2 aliphatic rings. The molecule has 2 fully saturated rings. The van der Waals surface area contributed by atoms with Gasteiger partial charge in [-0.25, -0.2) is 0 Å². The van der Waals surface area contributed by atoms with E-state index in [4.69, 9.17) is 4.74 Å². The zero-order valence-corrected chi connectivity index (χ0v) is 8.72. The summed E-state index contributed by atoms with van der Waals surface area (Å²) in [6.45, 7) is 2.00. The van der Waals surface area contributed by atoms with Gasteiger partial charge in [0, 0.05) is 24.0 Å². The number of ether oxygens (including phenoxy) is 1. The Morgan fingerprint density at radius 1 is 1.36 bits per heavy atom. The molecule has 0 spiro atoms. The lowest BCUT2D eigenvalue weighted by Crippen LogP contribution is -2.19. The van der Waals surface area contributed by atoms with Crippen LogP contribution in [-0.2, 0) is 0 Å². The van der Waals surface area contributed by atoms with E-state index in [0.717, 1.165) is 30.5 Å². The van der Waals surface area contributed by atoms with Crippen molar-refractivity contribution < 1.29 is 4.74 Å². The Bertz CT molecular complexity index is 318. The number of nitrogens with zero attached hydrogens (tertiary/aromatic N) is 2. The van der Waals surface area contributed by atoms with E-state index in [1.54, 1.807) is 0 Å². The highest BCUT2D eigenvalue weighted by molar-refractivity contribution is 7.07. The van der Waals surface area contributed by atoms with Gasteiger partial charge in [0.15, 0.2) is 0 Å². The lowest BCUT2D eigenvalue weighted by atomic mass is 10.3. The third-order valence-electron chi connectivity index (χ3n) is 2.65. The Labute approximate surface area is 86.9 Å². The molecule has 2 heterocycles. The maximum absolute atomic E-state index is 5.72. The molecule has 1 aliphatic heterocycles. The summed E-state index contributed by atoms with van der Waals surface area (Å²) in [4.78, 5) is 4.39. The summed E-state index contributed by atoms with van der Waals surface area (Å²) in [5, 5.41) is 4.02. The lowest BCUT2D eigenvalue weighted by molar-refractivity contribution is 0.221. The van der Waals surface area contributed by atoms with E-state index in [-0.39, 0.29) is 0 Å². The summed E-state index contributed by atoms with van der Waals surface area (Å²) in [5.74, 6) is 1.63. The summed E-state index contributed by atoms with van der Waals surface area (Å²) >= 11 is 1.39. The summed E-state index contributed by atoms with van der Waals surface area (Å²) in [6.07, 6.45) is 3.88. The van der Waals surface area contributed by atoms with E-state index in [2.05, 4.69) is 14.7 Å². The summed E-state index contributed by atoms with van der Waals surface area (Å²) in [6, 6.07) is 0. The van der Waals surface area contributed by atoms with Crippen LogP contribution in [0.3, 0.4) is 0 Å². The second-order valence-electron chi connectivity index (χ2n) is 3.93. The van der Waals surface area contributed by atoms with E-state index >= 15 is 0 Å². The first kappa shape index (κ1) is 8.61. The normalized spacial score (nSPS) is 26.7. The van der Waals surface area contributed by atoms with Crippen LogP contribution in [0.15, 0.2) is 0 Å². The van der Waals surface area contributed by atoms with Crippen LogP contribution in [0.4, 0.5) is 0 Å². The molecule has 1 saturated heterocycles. The molecule has 0 amide bonds. The lowest BCUT2D eigenvalue weighted by Gasteiger charge is -2.07. The van der Waals surface area contributed by atoms with Gasteiger partial charge in [0.25, 0.3) is 5.19 Å². The maximum Gasteiger partial charge on any atom is 0.293 e. The number of hydrogen-bond acceptors (Lipinski definition) is 5. The Balaban J connectivity index is 1.64. The predicted octanol–water partition coefficient (Wildman–Crippen LogP) is 1.16. The van der Waals surface area contributed by atoms with Crippen molar-refractivity contribution >= 4 is 11.5 Å². The van der Waals surface area contributed by atoms with Crippen molar-refractivity contribution in [3.63, 3.8) is 0 Å². The standard InChI is InChI=1S/C9H13N3OS/c1-2-6(1)8-11-9(14-12-8)13-7-3-4-10-5-7/h6-7,10H,1-5H2. The SMILES string of the molecule is C1CC(Oc2nc(C3CC3)ns2)CN1. The molecule has 0 aromatic carbocycles. The fourth-order valence-corrected chi connectivity index (χ4v) is 2.32. The highest BCUT2D eigenvalue weighted by Crippen LogP contribution is 2.39. The van der Waals surface area contributed by atoms with Crippen LogP contribution in [0, 0.1) is 0 Å². The third kappa shape index (κ3) is 1.74. The molecule has 1 saturated carbocycles. The van der Waals surface area contributed by atoms with E-state index in [1.807, 2.05) is 0 Å².